The summed E-state index contributed by atoms with van der Waals surface area (Å²) in [4.78, 5) is 33.3. The summed E-state index contributed by atoms with van der Waals surface area (Å²) >= 11 is 0. The molecule has 0 spiro atoms. The normalized spacial score (nSPS) is 19.3. The van der Waals surface area contributed by atoms with Crippen molar-refractivity contribution in [2.24, 2.45) is 9.98 Å². The highest BCUT2D eigenvalue weighted by molar-refractivity contribution is 8.12. The van der Waals surface area contributed by atoms with Gasteiger partial charge in [0.15, 0.2) is 6.29 Å². The zero-order valence-electron chi connectivity index (χ0n) is 49.5. The molecule has 2 N–H and O–H groups in total. The molecular weight excluding hydrogens is 889 g/mol. The Bertz CT molecular complexity index is 1550. The van der Waals surface area contributed by atoms with Gasteiger partial charge in [0.1, 0.15) is 0 Å². The third-order valence-electron chi connectivity index (χ3n) is 14.4. The van der Waals surface area contributed by atoms with Crippen LogP contribution in [0.3, 0.4) is 0 Å². The van der Waals surface area contributed by atoms with Crippen LogP contribution in [0.1, 0.15) is 253 Å². The zero-order chi connectivity index (χ0) is 53.1. The average Bonchev–Trinajstić information content (AvgIpc) is 3.57. The summed E-state index contributed by atoms with van der Waals surface area (Å²) in [6, 6.07) is 0.204. The number of nitrogens with zero attached hydrogens (tertiary/aromatic N) is 7. The molecule has 1 fully saturated rings. The predicted molar refractivity (Wildman–Crippen MR) is 310 cm³/mol. The van der Waals surface area contributed by atoms with E-state index in [9.17, 15) is 4.55 Å². The monoisotopic (exact) mass is 1000 g/mol. The molecule has 0 saturated heterocycles. The first kappa shape index (κ1) is 66.2. The first-order valence-electron chi connectivity index (χ1n) is 28.8. The van der Waals surface area contributed by atoms with Gasteiger partial charge in [-0.25, -0.2) is 4.99 Å². The highest BCUT2D eigenvalue weighted by Gasteiger charge is 2.43. The molecule has 0 radical (unpaired) electrons. The molecule has 0 aromatic rings. The highest BCUT2D eigenvalue weighted by atomic mass is 32.2. The lowest BCUT2D eigenvalue weighted by molar-refractivity contribution is -0.298. The Hall–Kier alpha value is -1.80. The van der Waals surface area contributed by atoms with E-state index < -0.39 is 10.8 Å². The summed E-state index contributed by atoms with van der Waals surface area (Å²) in [5, 5.41) is 8.67. The van der Waals surface area contributed by atoms with Gasteiger partial charge >= 0.3 is 0 Å². The van der Waals surface area contributed by atoms with Gasteiger partial charge in [-0.05, 0) is 156 Å². The zero-order valence-corrected chi connectivity index (χ0v) is 50.3. The Labute approximate surface area is 437 Å². The maximum Gasteiger partial charge on any atom is 0.227 e. The number of guanidine groups is 2. The fourth-order valence-electron chi connectivity index (χ4n) is 9.89. The Morgan fingerprint density at radius 1 is 0.786 bits per heavy atom. The van der Waals surface area contributed by atoms with Crippen molar-refractivity contribution in [2.75, 3.05) is 33.3 Å². The number of aliphatic imine (C=N–C) groups is 2. The van der Waals surface area contributed by atoms with Crippen LogP contribution in [0.25, 0.3) is 0 Å². The van der Waals surface area contributed by atoms with E-state index in [2.05, 4.69) is 166 Å². The van der Waals surface area contributed by atoms with Crippen molar-refractivity contribution >= 4 is 28.6 Å². The van der Waals surface area contributed by atoms with Gasteiger partial charge in [0.05, 0.1) is 12.7 Å². The number of hydrogen-bond donors (Lipinski definition) is 2. The lowest BCUT2D eigenvalue weighted by Gasteiger charge is -2.50. The molecule has 0 aromatic heterocycles. The summed E-state index contributed by atoms with van der Waals surface area (Å²) < 4.78 is 10.4. The molecule has 412 valence electrons. The van der Waals surface area contributed by atoms with Crippen LogP contribution in [-0.4, -0.2) is 127 Å². The minimum atomic E-state index is -1.02. The van der Waals surface area contributed by atoms with Gasteiger partial charge in [-0.1, -0.05) is 132 Å². The number of rotatable bonds is 29. The van der Waals surface area contributed by atoms with E-state index in [1.807, 2.05) is 19.9 Å². The highest BCUT2D eigenvalue weighted by Crippen LogP contribution is 2.37. The van der Waals surface area contributed by atoms with Gasteiger partial charge in [0.25, 0.3) is 0 Å². The second-order valence-electron chi connectivity index (χ2n) is 22.7. The molecular formula is C58H116N8O3S. The fraction of sp³-hybridized carbons (Fsp3) is 0.879. The van der Waals surface area contributed by atoms with Crippen LogP contribution in [0.2, 0.25) is 0 Å². The standard InChI is InChI=1S/C53H102N8O3S.C3H8.C2H6/c1-17-22-28-39-59(43(6)42-53(13,14)61(51(9,10)21-5)64-45-32-26-25-27-33-45)48-55-47(54-44-31-30-34-46(36-35-44)65(16)62)57(15)49(56-48)58(38-24-19-3)40-37-52(11,12)60(50(7,8)20-4)63-41-29-23-18-2;1-3-2;1-2/h34-36,43-45,47,54,62H,16-33,37-42H2,1-15H3;3H2,1-2H3;1-2H3. The van der Waals surface area contributed by atoms with E-state index in [1.165, 1.54) is 38.5 Å². The number of unbranched alkanes of at least 4 members (excludes halogenated alkanes) is 5. The molecule has 1 aliphatic heterocycles. The largest absolute Gasteiger partial charge is 0.342 e. The number of nitrogens with one attached hydrogen (secondary N) is 1. The molecule has 2 aliphatic carbocycles. The van der Waals surface area contributed by atoms with E-state index in [1.54, 1.807) is 0 Å². The Balaban J connectivity index is 0.00000471. The third-order valence-corrected chi connectivity index (χ3v) is 15.3. The first-order chi connectivity index (χ1) is 33.1. The minimum absolute atomic E-state index is 0.0634. The lowest BCUT2D eigenvalue weighted by atomic mass is 9.88. The van der Waals surface area contributed by atoms with E-state index in [0.717, 1.165) is 133 Å². The van der Waals surface area contributed by atoms with Crippen LogP contribution in [-0.2, 0) is 9.68 Å². The van der Waals surface area contributed by atoms with Crippen LogP contribution in [0.15, 0.2) is 33.1 Å². The van der Waals surface area contributed by atoms with Crippen molar-refractivity contribution in [3.05, 3.63) is 23.1 Å². The number of hydrogen-bond acceptors (Lipinski definition) is 11. The molecule has 1 saturated carbocycles. The van der Waals surface area contributed by atoms with Gasteiger partial charge in [0.2, 0.25) is 11.9 Å². The summed E-state index contributed by atoms with van der Waals surface area (Å²) in [6.45, 7) is 44.2. The summed E-state index contributed by atoms with van der Waals surface area (Å²) in [5.41, 5.74) is -0.714. The van der Waals surface area contributed by atoms with Crippen molar-refractivity contribution < 1.29 is 14.2 Å². The van der Waals surface area contributed by atoms with Crippen LogP contribution in [0, 0.1) is 0 Å². The van der Waals surface area contributed by atoms with Crippen LogP contribution < -0.4 is 5.32 Å². The van der Waals surface area contributed by atoms with Crippen LogP contribution >= 0.6 is 10.8 Å². The molecule has 4 unspecified atom stereocenters. The molecule has 11 nitrogen and oxygen atoms in total. The van der Waals surface area contributed by atoms with Crippen molar-refractivity contribution in [2.45, 2.75) is 300 Å². The minimum Gasteiger partial charge on any atom is -0.342 e. The summed E-state index contributed by atoms with van der Waals surface area (Å²) in [6.07, 6.45) is 28.2. The molecule has 0 aromatic carbocycles. The van der Waals surface area contributed by atoms with Crippen molar-refractivity contribution in [3.8, 4) is 0 Å². The molecule has 4 atom stereocenters. The molecule has 3 rings (SSSR count). The first-order valence-corrected chi connectivity index (χ1v) is 30.1. The smallest absolute Gasteiger partial charge is 0.227 e. The maximum atomic E-state index is 10.4. The second-order valence-corrected chi connectivity index (χ2v) is 23.9. The molecule has 1 heterocycles. The van der Waals surface area contributed by atoms with E-state index in [4.69, 9.17) is 19.7 Å². The second kappa shape index (κ2) is 33.9. The lowest BCUT2D eigenvalue weighted by Crippen LogP contribution is -2.60. The Kier molecular flexibility index (Phi) is 32.1. The van der Waals surface area contributed by atoms with Crippen molar-refractivity contribution in [3.63, 3.8) is 0 Å². The maximum absolute atomic E-state index is 10.4. The molecule has 0 bridgehead atoms. The number of allylic oxidation sites excluding steroid dienone is 2. The average molecular weight is 1010 g/mol. The Morgan fingerprint density at radius 2 is 1.37 bits per heavy atom. The summed E-state index contributed by atoms with van der Waals surface area (Å²) in [5.74, 6) is 5.70. The van der Waals surface area contributed by atoms with Gasteiger partial charge < -0.3 is 19.3 Å². The van der Waals surface area contributed by atoms with Crippen LogP contribution in [0.5, 0.6) is 0 Å². The van der Waals surface area contributed by atoms with Crippen LogP contribution in [0.4, 0.5) is 0 Å². The van der Waals surface area contributed by atoms with E-state index in [0.29, 0.717) is 0 Å². The molecule has 3 aliphatic rings. The number of hydroxylamine groups is 4. The summed E-state index contributed by atoms with van der Waals surface area (Å²) in [7, 11) is 1.14. The fourth-order valence-corrected chi connectivity index (χ4v) is 10.4. The van der Waals surface area contributed by atoms with E-state index >= 15 is 0 Å². The Morgan fingerprint density at radius 3 is 1.94 bits per heavy atom. The third kappa shape index (κ3) is 22.0. The van der Waals surface area contributed by atoms with Gasteiger partial charge in [-0.3, -0.25) is 15.0 Å². The van der Waals surface area contributed by atoms with Gasteiger partial charge in [0, 0.05) is 65.8 Å². The quantitative estimate of drug-likeness (QED) is 0.0432. The van der Waals surface area contributed by atoms with Crippen molar-refractivity contribution in [1.82, 2.24) is 30.1 Å². The van der Waals surface area contributed by atoms with Gasteiger partial charge in [-0.15, -0.1) is 0 Å². The molecule has 0 amide bonds. The van der Waals surface area contributed by atoms with Gasteiger partial charge in [-0.2, -0.15) is 15.1 Å². The van der Waals surface area contributed by atoms with Crippen molar-refractivity contribution in [1.29, 1.82) is 0 Å². The SMILES string of the molecule is C=S(O)C1=CCCC(NC2N=C(N(CCCCC)C(C)CC(C)(C)N(OC3CCCCC3)C(C)(C)CC)N=C(N(CCCC)CCC(C)(C)N(OCCCCC)C(C)(C)CC)N2C)C=C1.CC.CCC. The molecule has 70 heavy (non-hydrogen) atoms. The topological polar surface area (TPSA) is 91.6 Å². The van der Waals surface area contributed by atoms with E-state index in [-0.39, 0.29) is 46.6 Å². The predicted octanol–water partition coefficient (Wildman–Crippen LogP) is 15.4. The molecule has 12 heteroatoms.